The van der Waals surface area contributed by atoms with Crippen molar-refractivity contribution in [3.05, 3.63) is 24.0 Å². The molecule has 2 N–H and O–H groups in total. The van der Waals surface area contributed by atoms with Crippen LogP contribution in [0, 0.1) is 0 Å². The number of hydrogen-bond acceptors (Lipinski definition) is 4. The first-order valence-corrected chi connectivity index (χ1v) is 6.71. The Hall–Kier alpha value is -1.13. The number of pyridine rings is 1. The molecule has 0 radical (unpaired) electrons. The number of nitrogens with zero attached hydrogens (tertiary/aromatic N) is 2. The molecular formula is C14H25N3O. The van der Waals surface area contributed by atoms with Crippen molar-refractivity contribution in [2.45, 2.75) is 39.8 Å². The lowest BCUT2D eigenvalue weighted by Gasteiger charge is -2.25. The third kappa shape index (κ3) is 5.02. The van der Waals surface area contributed by atoms with Gasteiger partial charge in [0, 0.05) is 44.2 Å². The largest absolute Gasteiger partial charge is 0.396 e. The van der Waals surface area contributed by atoms with E-state index in [1.807, 2.05) is 12.3 Å². The zero-order valence-electron chi connectivity index (χ0n) is 11.7. The molecular weight excluding hydrogens is 226 g/mol. The minimum atomic E-state index is 0.244. The molecule has 1 aromatic heterocycles. The van der Waals surface area contributed by atoms with Gasteiger partial charge in [-0.1, -0.05) is 0 Å². The number of anilines is 1. The van der Waals surface area contributed by atoms with Gasteiger partial charge in [0.25, 0.3) is 0 Å². The number of aliphatic hydroxyl groups excluding tert-OH is 1. The number of rotatable bonds is 8. The molecule has 0 atom stereocenters. The van der Waals surface area contributed by atoms with Crippen molar-refractivity contribution in [3.8, 4) is 0 Å². The molecule has 0 saturated carbocycles. The van der Waals surface area contributed by atoms with E-state index in [0.29, 0.717) is 6.04 Å². The lowest BCUT2D eigenvalue weighted by atomic mass is 10.2. The standard InChI is InChI=1S/C14H25N3O/c1-4-15-13-6-7-16-14(10-13)11-17(12(2)3)8-5-9-18/h6-7,10,12,18H,4-5,8-9,11H2,1-3H3,(H,15,16). The van der Waals surface area contributed by atoms with Crippen LogP contribution in [0.4, 0.5) is 5.69 Å². The van der Waals surface area contributed by atoms with Crippen molar-refractivity contribution in [3.63, 3.8) is 0 Å². The maximum atomic E-state index is 8.92. The average molecular weight is 251 g/mol. The maximum absolute atomic E-state index is 8.92. The summed E-state index contributed by atoms with van der Waals surface area (Å²) in [4.78, 5) is 6.74. The summed E-state index contributed by atoms with van der Waals surface area (Å²) < 4.78 is 0. The van der Waals surface area contributed by atoms with E-state index in [0.717, 1.165) is 37.4 Å². The van der Waals surface area contributed by atoms with Gasteiger partial charge in [-0.2, -0.15) is 0 Å². The molecule has 1 aromatic rings. The fourth-order valence-electron chi connectivity index (χ4n) is 1.88. The first kappa shape index (κ1) is 14.9. The first-order valence-electron chi connectivity index (χ1n) is 6.71. The molecule has 0 fully saturated rings. The van der Waals surface area contributed by atoms with Gasteiger partial charge in [0.1, 0.15) is 0 Å². The molecule has 0 amide bonds. The molecule has 4 nitrogen and oxygen atoms in total. The molecule has 1 rings (SSSR count). The summed E-state index contributed by atoms with van der Waals surface area (Å²) in [7, 11) is 0. The average Bonchev–Trinajstić information content (AvgIpc) is 2.35. The van der Waals surface area contributed by atoms with E-state index in [1.54, 1.807) is 0 Å². The van der Waals surface area contributed by atoms with E-state index in [-0.39, 0.29) is 6.61 Å². The number of nitrogens with one attached hydrogen (secondary N) is 1. The highest BCUT2D eigenvalue weighted by atomic mass is 16.3. The molecule has 0 aliphatic carbocycles. The quantitative estimate of drug-likeness (QED) is 0.743. The van der Waals surface area contributed by atoms with Crippen LogP contribution in [-0.4, -0.2) is 40.7 Å². The van der Waals surface area contributed by atoms with E-state index < -0.39 is 0 Å². The second-order valence-electron chi connectivity index (χ2n) is 4.71. The van der Waals surface area contributed by atoms with Crippen molar-refractivity contribution in [2.75, 3.05) is 25.0 Å². The summed E-state index contributed by atoms with van der Waals surface area (Å²) in [5, 5.41) is 12.2. The molecule has 0 bridgehead atoms. The SMILES string of the molecule is CCNc1ccnc(CN(CCCO)C(C)C)c1. The third-order valence-corrected chi connectivity index (χ3v) is 2.90. The Balaban J connectivity index is 2.64. The molecule has 1 heterocycles. The summed E-state index contributed by atoms with van der Waals surface area (Å²) in [6.07, 6.45) is 2.66. The van der Waals surface area contributed by atoms with Crippen LogP contribution >= 0.6 is 0 Å². The highest BCUT2D eigenvalue weighted by molar-refractivity contribution is 5.42. The summed E-state index contributed by atoms with van der Waals surface area (Å²) in [6, 6.07) is 4.54. The van der Waals surface area contributed by atoms with Crippen LogP contribution in [0.5, 0.6) is 0 Å². The maximum Gasteiger partial charge on any atom is 0.0564 e. The van der Waals surface area contributed by atoms with E-state index >= 15 is 0 Å². The van der Waals surface area contributed by atoms with Gasteiger partial charge in [-0.05, 0) is 39.3 Å². The van der Waals surface area contributed by atoms with Crippen molar-refractivity contribution < 1.29 is 5.11 Å². The van der Waals surface area contributed by atoms with E-state index in [4.69, 9.17) is 5.11 Å². The normalized spacial score (nSPS) is 11.2. The molecule has 0 aliphatic rings. The molecule has 4 heteroatoms. The molecule has 0 spiro atoms. The Labute approximate surface area is 110 Å². The molecule has 0 saturated heterocycles. The Kier molecular flexibility index (Phi) is 6.68. The van der Waals surface area contributed by atoms with Crippen LogP contribution in [0.3, 0.4) is 0 Å². The van der Waals surface area contributed by atoms with Crippen LogP contribution in [0.2, 0.25) is 0 Å². The predicted octanol–water partition coefficient (Wildman–Crippen LogP) is 2.11. The molecule has 0 aromatic carbocycles. The minimum absolute atomic E-state index is 0.244. The topological polar surface area (TPSA) is 48.4 Å². The van der Waals surface area contributed by atoms with Crippen LogP contribution < -0.4 is 5.32 Å². The first-order chi connectivity index (χ1) is 8.67. The van der Waals surface area contributed by atoms with Crippen LogP contribution in [0.25, 0.3) is 0 Å². The zero-order valence-corrected chi connectivity index (χ0v) is 11.7. The predicted molar refractivity (Wildman–Crippen MR) is 75.6 cm³/mol. The van der Waals surface area contributed by atoms with Crippen molar-refractivity contribution in [1.82, 2.24) is 9.88 Å². The van der Waals surface area contributed by atoms with Crippen molar-refractivity contribution >= 4 is 5.69 Å². The van der Waals surface area contributed by atoms with Crippen LogP contribution in [0.15, 0.2) is 18.3 Å². The van der Waals surface area contributed by atoms with Gasteiger partial charge < -0.3 is 10.4 Å². The van der Waals surface area contributed by atoms with Crippen LogP contribution in [0.1, 0.15) is 32.9 Å². The summed E-state index contributed by atoms with van der Waals surface area (Å²) in [6.45, 7) is 9.33. The van der Waals surface area contributed by atoms with Gasteiger partial charge in [0.2, 0.25) is 0 Å². The number of aromatic nitrogens is 1. The lowest BCUT2D eigenvalue weighted by molar-refractivity contribution is 0.183. The van der Waals surface area contributed by atoms with Gasteiger partial charge >= 0.3 is 0 Å². The molecule has 102 valence electrons. The Morgan fingerprint density at radius 1 is 1.44 bits per heavy atom. The molecule has 18 heavy (non-hydrogen) atoms. The Morgan fingerprint density at radius 2 is 2.22 bits per heavy atom. The van der Waals surface area contributed by atoms with Gasteiger partial charge in [0.05, 0.1) is 5.69 Å². The van der Waals surface area contributed by atoms with E-state index in [9.17, 15) is 0 Å². The second kappa shape index (κ2) is 8.06. The monoisotopic (exact) mass is 251 g/mol. The molecule has 0 aliphatic heterocycles. The Bertz CT molecular complexity index is 342. The van der Waals surface area contributed by atoms with Gasteiger partial charge in [-0.25, -0.2) is 0 Å². The summed E-state index contributed by atoms with van der Waals surface area (Å²) >= 11 is 0. The highest BCUT2D eigenvalue weighted by Gasteiger charge is 2.10. The fourth-order valence-corrected chi connectivity index (χ4v) is 1.88. The van der Waals surface area contributed by atoms with Gasteiger partial charge in [-0.3, -0.25) is 9.88 Å². The van der Waals surface area contributed by atoms with Gasteiger partial charge in [0.15, 0.2) is 0 Å². The summed E-state index contributed by atoms with van der Waals surface area (Å²) in [5.41, 5.74) is 2.19. The van der Waals surface area contributed by atoms with Gasteiger partial charge in [-0.15, -0.1) is 0 Å². The Morgan fingerprint density at radius 3 is 2.83 bits per heavy atom. The number of aliphatic hydroxyl groups is 1. The van der Waals surface area contributed by atoms with E-state index in [1.165, 1.54) is 0 Å². The van der Waals surface area contributed by atoms with Crippen molar-refractivity contribution in [2.24, 2.45) is 0 Å². The molecule has 0 unspecified atom stereocenters. The summed E-state index contributed by atoms with van der Waals surface area (Å²) in [5.74, 6) is 0. The van der Waals surface area contributed by atoms with E-state index in [2.05, 4.69) is 42.0 Å². The third-order valence-electron chi connectivity index (χ3n) is 2.90. The highest BCUT2D eigenvalue weighted by Crippen LogP contribution is 2.11. The van der Waals surface area contributed by atoms with Crippen molar-refractivity contribution in [1.29, 1.82) is 0 Å². The zero-order chi connectivity index (χ0) is 13.4. The lowest BCUT2D eigenvalue weighted by Crippen LogP contribution is -2.32. The smallest absolute Gasteiger partial charge is 0.0564 e. The second-order valence-corrected chi connectivity index (χ2v) is 4.71. The fraction of sp³-hybridized carbons (Fsp3) is 0.643. The minimum Gasteiger partial charge on any atom is -0.396 e. The van der Waals surface area contributed by atoms with Crippen LogP contribution in [-0.2, 0) is 6.54 Å². The number of hydrogen-bond donors (Lipinski definition) is 2.